The summed E-state index contributed by atoms with van der Waals surface area (Å²) in [6, 6.07) is 52.8. The fraction of sp³-hybridized carbons (Fsp3) is 0.244. The van der Waals surface area contributed by atoms with Crippen molar-refractivity contribution in [3.05, 3.63) is 165 Å². The average molecular weight is 757 g/mol. The van der Waals surface area contributed by atoms with Gasteiger partial charge in [-0.05, 0) is 67.5 Å². The van der Waals surface area contributed by atoms with Gasteiger partial charge in [-0.15, -0.1) is 11.3 Å². The van der Waals surface area contributed by atoms with Crippen molar-refractivity contribution >= 4 is 63.8 Å². The first kappa shape index (κ1) is 40.2. The van der Waals surface area contributed by atoms with E-state index < -0.39 is 21.9 Å². The van der Waals surface area contributed by atoms with Crippen molar-refractivity contribution in [3.8, 4) is 0 Å². The second kappa shape index (κ2) is 19.9. The number of rotatable bonds is 8. The molecule has 5 aromatic carbocycles. The Labute approximate surface area is 318 Å². The first-order chi connectivity index (χ1) is 23.3. The maximum absolute atomic E-state index is 12.6. The molecule has 0 bridgehead atoms. The third-order valence-electron chi connectivity index (χ3n) is 9.70. The Balaban J connectivity index is 0.000000648. The van der Waals surface area contributed by atoms with E-state index >= 15 is 0 Å². The van der Waals surface area contributed by atoms with Crippen LogP contribution < -0.4 is 26.5 Å². The molecule has 8 rings (SSSR count). The summed E-state index contributed by atoms with van der Waals surface area (Å²) in [5.41, 5.74) is 0.428. The van der Waals surface area contributed by atoms with Gasteiger partial charge in [0.15, 0.2) is 0 Å². The van der Waals surface area contributed by atoms with Gasteiger partial charge in [0.1, 0.15) is 0 Å². The number of aliphatic hydroxyl groups excluding tert-OH is 1. The van der Waals surface area contributed by atoms with E-state index in [0.717, 1.165) is 19.3 Å². The molecule has 2 aliphatic carbocycles. The van der Waals surface area contributed by atoms with Crippen LogP contribution in [-0.4, -0.2) is 10.8 Å². The molecule has 0 spiro atoms. The van der Waals surface area contributed by atoms with Gasteiger partial charge >= 0.3 is 17.1 Å². The van der Waals surface area contributed by atoms with E-state index in [2.05, 4.69) is 146 Å². The zero-order valence-corrected chi connectivity index (χ0v) is 33.1. The summed E-state index contributed by atoms with van der Waals surface area (Å²) in [5, 5.41) is 20.7. The van der Waals surface area contributed by atoms with E-state index in [-0.39, 0.29) is 37.8 Å². The number of hydrogen-bond acceptors (Lipinski definition) is 2. The van der Waals surface area contributed by atoms with Crippen LogP contribution in [-0.2, 0) is 17.1 Å². The van der Waals surface area contributed by atoms with Crippen molar-refractivity contribution < 1.29 is 22.2 Å². The summed E-state index contributed by atoms with van der Waals surface area (Å²) in [6.07, 6.45) is 10.4. The van der Waals surface area contributed by atoms with Crippen molar-refractivity contribution in [2.24, 2.45) is 5.92 Å². The molecule has 1 heterocycles. The summed E-state index contributed by atoms with van der Waals surface area (Å²) in [6.45, 7) is 0. The van der Waals surface area contributed by atoms with Crippen LogP contribution in [0.25, 0.3) is 10.1 Å². The number of fused-ring (bicyclic) bond motifs is 1. The monoisotopic (exact) mass is 756 g/mol. The SMILES string of the molecule is C1CCCC1.O[C@@H](c1sc2ccccc2c1P(c1ccccc1)c1ccccc1)C1CCCC1P(c1ccccc1)c1ccccc1.[CH3-].[CH3-].[Fe+2]. The summed E-state index contributed by atoms with van der Waals surface area (Å²) < 4.78 is 1.27. The smallest absolute Gasteiger partial charge is 0.387 e. The molecule has 2 unspecified atom stereocenters. The van der Waals surface area contributed by atoms with Crippen LogP contribution in [0.2, 0.25) is 0 Å². The molecule has 0 amide bonds. The molecule has 2 aliphatic rings. The maximum Gasteiger partial charge on any atom is 2.00 e. The molecule has 1 nitrogen and oxygen atoms in total. The molecule has 1 aromatic heterocycles. The predicted molar refractivity (Wildman–Crippen MR) is 222 cm³/mol. The predicted octanol–water partition coefficient (Wildman–Crippen LogP) is 10.8. The molecule has 2 fully saturated rings. The van der Waals surface area contributed by atoms with Crippen LogP contribution in [0, 0.1) is 20.8 Å². The quantitative estimate of drug-likeness (QED) is 0.0932. The zero-order valence-electron chi connectivity index (χ0n) is 29.3. The molecule has 260 valence electrons. The average Bonchev–Trinajstić information content (AvgIpc) is 3.94. The standard InChI is InChI=1S/C38H34OP2S.C5H10.2CH3.Fe/c39-36(32-25-15-26-34(32)40(28-16-5-1-6-17-28)29-18-7-2-8-19-29)38-37(33-24-13-14-27-35(33)42-38)41(30-20-9-3-10-21-30)31-22-11-4-12-23-31;1-2-4-5-3-1;;;/h1-14,16-24,27,32,34,36,39H,15,25-26H2;1-5H2;2*1H3;/q;;2*-1;+2/t32?,34?,36-;;;;/m1..../s1. The van der Waals surface area contributed by atoms with Gasteiger partial charge in [0, 0.05) is 20.3 Å². The molecule has 3 atom stereocenters. The van der Waals surface area contributed by atoms with E-state index in [1.165, 1.54) is 73.6 Å². The number of hydrogen-bond donors (Lipinski definition) is 1. The normalized spacial score (nSPS) is 17.3. The van der Waals surface area contributed by atoms with Gasteiger partial charge in [0.05, 0.1) is 6.10 Å². The molecule has 50 heavy (non-hydrogen) atoms. The Morgan fingerprint density at radius 3 is 1.42 bits per heavy atom. The first-order valence-electron chi connectivity index (χ1n) is 17.3. The van der Waals surface area contributed by atoms with E-state index in [1.807, 2.05) is 11.3 Å². The van der Waals surface area contributed by atoms with Crippen LogP contribution in [0.15, 0.2) is 146 Å². The van der Waals surface area contributed by atoms with Gasteiger partial charge in [-0.25, -0.2) is 0 Å². The Kier molecular flexibility index (Phi) is 16.0. The van der Waals surface area contributed by atoms with E-state index in [0.29, 0.717) is 5.66 Å². The molecule has 0 radical (unpaired) electrons. The molecular formula is C45H50FeOP2S. The van der Waals surface area contributed by atoms with Crippen LogP contribution in [0.3, 0.4) is 0 Å². The Hall–Kier alpha value is -2.60. The van der Waals surface area contributed by atoms with Crippen LogP contribution in [0.5, 0.6) is 0 Å². The van der Waals surface area contributed by atoms with Gasteiger partial charge < -0.3 is 20.0 Å². The molecule has 0 saturated heterocycles. The third kappa shape index (κ3) is 9.06. The van der Waals surface area contributed by atoms with Crippen LogP contribution in [0.4, 0.5) is 0 Å². The van der Waals surface area contributed by atoms with Gasteiger partial charge in [-0.1, -0.05) is 178 Å². The maximum atomic E-state index is 12.6. The van der Waals surface area contributed by atoms with Gasteiger partial charge in [-0.3, -0.25) is 0 Å². The van der Waals surface area contributed by atoms with E-state index in [4.69, 9.17) is 0 Å². The van der Waals surface area contributed by atoms with Crippen molar-refractivity contribution in [1.29, 1.82) is 0 Å². The number of benzene rings is 5. The zero-order chi connectivity index (χ0) is 31.8. The summed E-state index contributed by atoms with van der Waals surface area (Å²) in [7, 11) is -1.44. The topological polar surface area (TPSA) is 20.2 Å². The Bertz CT molecular complexity index is 1740. The van der Waals surface area contributed by atoms with E-state index in [1.54, 1.807) is 0 Å². The summed E-state index contributed by atoms with van der Waals surface area (Å²) in [5.74, 6) is 0.215. The molecule has 1 N–H and O–H groups in total. The first-order valence-corrected chi connectivity index (χ1v) is 20.9. The minimum absolute atomic E-state index is 0. The minimum atomic E-state index is -0.838. The summed E-state index contributed by atoms with van der Waals surface area (Å²) in [4.78, 5) is 1.17. The fourth-order valence-corrected chi connectivity index (χ4v) is 14.9. The molecule has 2 saturated carbocycles. The van der Waals surface area contributed by atoms with Crippen molar-refractivity contribution in [1.82, 2.24) is 0 Å². The van der Waals surface area contributed by atoms with E-state index in [9.17, 15) is 5.11 Å². The molecule has 0 aliphatic heterocycles. The largest absolute Gasteiger partial charge is 2.00 e. The fourth-order valence-electron chi connectivity index (χ4n) is 7.49. The minimum Gasteiger partial charge on any atom is -0.387 e. The van der Waals surface area contributed by atoms with Crippen molar-refractivity contribution in [3.63, 3.8) is 0 Å². The van der Waals surface area contributed by atoms with Gasteiger partial charge in [0.2, 0.25) is 0 Å². The molecule has 5 heteroatoms. The van der Waals surface area contributed by atoms with Gasteiger partial charge in [0.25, 0.3) is 0 Å². The number of thiophene rings is 1. The van der Waals surface area contributed by atoms with Crippen LogP contribution >= 0.6 is 27.2 Å². The molecule has 6 aromatic rings. The van der Waals surface area contributed by atoms with Gasteiger partial charge in [-0.2, -0.15) is 0 Å². The Morgan fingerprint density at radius 2 is 0.940 bits per heavy atom. The third-order valence-corrected chi connectivity index (χ3v) is 16.7. The second-order valence-corrected chi connectivity index (χ2v) is 18.4. The number of aliphatic hydroxyl groups is 1. The Morgan fingerprint density at radius 1 is 0.520 bits per heavy atom. The summed E-state index contributed by atoms with van der Waals surface area (Å²) >= 11 is 1.82. The van der Waals surface area contributed by atoms with Crippen molar-refractivity contribution in [2.75, 3.05) is 0 Å². The van der Waals surface area contributed by atoms with Crippen LogP contribution in [0.1, 0.15) is 62.3 Å². The van der Waals surface area contributed by atoms with Crippen molar-refractivity contribution in [2.45, 2.75) is 63.1 Å². The second-order valence-electron chi connectivity index (χ2n) is 12.7. The molecular weight excluding hydrogens is 706 g/mol.